The standard InChI is InChI=1S/C13H20N2O4S2/c1-19-8-10-21(17,18)15-6-4-14(5-7-15)13(16)11-12-3-2-9-20-12/h2-3,9H,4-8,10-11H2,1H3. The third-order valence-electron chi connectivity index (χ3n) is 3.44. The third kappa shape index (κ3) is 4.50. The highest BCUT2D eigenvalue weighted by atomic mass is 32.2. The molecule has 0 aliphatic carbocycles. The van der Waals surface area contributed by atoms with Crippen molar-refractivity contribution in [3.8, 4) is 0 Å². The number of sulfonamides is 1. The molecule has 1 saturated heterocycles. The predicted octanol–water partition coefficient (Wildman–Crippen LogP) is 0.411. The highest BCUT2D eigenvalue weighted by Crippen LogP contribution is 2.13. The van der Waals surface area contributed by atoms with Gasteiger partial charge < -0.3 is 9.64 Å². The van der Waals surface area contributed by atoms with Crippen molar-refractivity contribution in [3.05, 3.63) is 22.4 Å². The molecule has 21 heavy (non-hydrogen) atoms. The molecular formula is C13H20N2O4S2. The van der Waals surface area contributed by atoms with E-state index >= 15 is 0 Å². The predicted molar refractivity (Wildman–Crippen MR) is 81.8 cm³/mol. The quantitative estimate of drug-likeness (QED) is 0.757. The van der Waals surface area contributed by atoms with E-state index in [-0.39, 0.29) is 18.3 Å². The smallest absolute Gasteiger partial charge is 0.227 e. The molecule has 1 aliphatic heterocycles. The van der Waals surface area contributed by atoms with Gasteiger partial charge in [0.25, 0.3) is 0 Å². The molecule has 1 aliphatic rings. The Hall–Kier alpha value is -0.960. The second-order valence-corrected chi connectivity index (χ2v) is 7.97. The summed E-state index contributed by atoms with van der Waals surface area (Å²) in [6.07, 6.45) is 0.397. The maximum Gasteiger partial charge on any atom is 0.227 e. The number of piperazine rings is 1. The lowest BCUT2D eigenvalue weighted by molar-refractivity contribution is -0.131. The summed E-state index contributed by atoms with van der Waals surface area (Å²) in [5, 5.41) is 1.95. The van der Waals surface area contributed by atoms with E-state index in [4.69, 9.17) is 4.74 Å². The first-order chi connectivity index (χ1) is 10.0. The Morgan fingerprint density at radius 3 is 2.62 bits per heavy atom. The molecule has 0 radical (unpaired) electrons. The topological polar surface area (TPSA) is 66.9 Å². The molecule has 2 heterocycles. The summed E-state index contributed by atoms with van der Waals surface area (Å²) in [6, 6.07) is 3.86. The second-order valence-electron chi connectivity index (χ2n) is 4.84. The molecule has 8 heteroatoms. The van der Waals surface area contributed by atoms with E-state index in [1.807, 2.05) is 17.5 Å². The summed E-state index contributed by atoms with van der Waals surface area (Å²) < 4.78 is 30.3. The normalized spacial score (nSPS) is 17.1. The van der Waals surface area contributed by atoms with E-state index in [2.05, 4.69) is 0 Å². The van der Waals surface area contributed by atoms with Crippen LogP contribution in [0.1, 0.15) is 4.88 Å². The Morgan fingerprint density at radius 1 is 1.33 bits per heavy atom. The first-order valence-corrected chi connectivity index (χ1v) is 9.29. The molecule has 0 bridgehead atoms. The Kier molecular flexibility index (Phi) is 5.74. The van der Waals surface area contributed by atoms with E-state index in [9.17, 15) is 13.2 Å². The molecular weight excluding hydrogens is 312 g/mol. The molecule has 0 spiro atoms. The van der Waals surface area contributed by atoms with Crippen LogP contribution < -0.4 is 0 Å². The van der Waals surface area contributed by atoms with Crippen LogP contribution >= 0.6 is 11.3 Å². The maximum absolute atomic E-state index is 12.1. The molecule has 1 fully saturated rings. The van der Waals surface area contributed by atoms with Gasteiger partial charge in [-0.1, -0.05) is 6.07 Å². The number of ether oxygens (including phenoxy) is 1. The van der Waals surface area contributed by atoms with Crippen molar-refractivity contribution in [2.45, 2.75) is 6.42 Å². The van der Waals surface area contributed by atoms with Crippen molar-refractivity contribution in [1.29, 1.82) is 0 Å². The summed E-state index contributed by atoms with van der Waals surface area (Å²) in [5.41, 5.74) is 0. The van der Waals surface area contributed by atoms with Gasteiger partial charge in [-0.2, -0.15) is 4.31 Å². The van der Waals surface area contributed by atoms with Crippen LogP contribution in [0.15, 0.2) is 17.5 Å². The summed E-state index contributed by atoms with van der Waals surface area (Å²) in [6.45, 7) is 1.83. The monoisotopic (exact) mass is 332 g/mol. The fourth-order valence-electron chi connectivity index (χ4n) is 2.21. The van der Waals surface area contributed by atoms with Crippen LogP contribution in [0.25, 0.3) is 0 Å². The van der Waals surface area contributed by atoms with Crippen molar-refractivity contribution in [2.24, 2.45) is 0 Å². The molecule has 0 saturated carbocycles. The molecule has 1 aromatic heterocycles. The molecule has 0 unspecified atom stereocenters. The van der Waals surface area contributed by atoms with E-state index in [0.29, 0.717) is 32.6 Å². The number of carbonyl (C=O) groups excluding carboxylic acids is 1. The van der Waals surface area contributed by atoms with Gasteiger partial charge in [0.05, 0.1) is 18.8 Å². The molecule has 1 aromatic rings. The summed E-state index contributed by atoms with van der Waals surface area (Å²) >= 11 is 1.56. The fourth-order valence-corrected chi connectivity index (χ4v) is 4.26. The Labute approximate surface area is 129 Å². The highest BCUT2D eigenvalue weighted by molar-refractivity contribution is 7.89. The summed E-state index contributed by atoms with van der Waals surface area (Å²) in [5.74, 6) is 0.0542. The minimum Gasteiger partial charge on any atom is -0.384 e. The SMILES string of the molecule is COCCS(=O)(=O)N1CCN(C(=O)Cc2cccs2)CC1. The van der Waals surface area contributed by atoms with Crippen molar-refractivity contribution in [1.82, 2.24) is 9.21 Å². The van der Waals surface area contributed by atoms with Crippen molar-refractivity contribution in [3.63, 3.8) is 0 Å². The van der Waals surface area contributed by atoms with E-state index in [0.717, 1.165) is 4.88 Å². The van der Waals surface area contributed by atoms with Crippen molar-refractivity contribution in [2.75, 3.05) is 45.6 Å². The van der Waals surface area contributed by atoms with Gasteiger partial charge in [0, 0.05) is 38.2 Å². The largest absolute Gasteiger partial charge is 0.384 e. The van der Waals surface area contributed by atoms with Crippen LogP contribution in [0.2, 0.25) is 0 Å². The van der Waals surface area contributed by atoms with Gasteiger partial charge in [0.2, 0.25) is 15.9 Å². The zero-order chi connectivity index (χ0) is 15.3. The molecule has 0 atom stereocenters. The molecule has 118 valence electrons. The zero-order valence-electron chi connectivity index (χ0n) is 12.0. The van der Waals surface area contributed by atoms with E-state index < -0.39 is 10.0 Å². The Morgan fingerprint density at radius 2 is 2.05 bits per heavy atom. The van der Waals surface area contributed by atoms with Crippen molar-refractivity contribution < 1.29 is 17.9 Å². The first-order valence-electron chi connectivity index (χ1n) is 6.80. The van der Waals surface area contributed by atoms with Crippen LogP contribution in [0.3, 0.4) is 0 Å². The first kappa shape index (κ1) is 16.4. The number of nitrogens with zero attached hydrogens (tertiary/aromatic N) is 2. The highest BCUT2D eigenvalue weighted by Gasteiger charge is 2.28. The molecule has 1 amide bonds. The van der Waals surface area contributed by atoms with Crippen LogP contribution in [0, 0.1) is 0 Å². The van der Waals surface area contributed by atoms with Gasteiger partial charge in [-0.25, -0.2) is 8.42 Å². The van der Waals surface area contributed by atoms with Gasteiger partial charge in [-0.05, 0) is 11.4 Å². The van der Waals surface area contributed by atoms with Crippen LogP contribution in [0.5, 0.6) is 0 Å². The number of thiophene rings is 1. The van der Waals surface area contributed by atoms with Crippen LogP contribution in [-0.4, -0.2) is 69.2 Å². The van der Waals surface area contributed by atoms with Crippen LogP contribution in [0.4, 0.5) is 0 Å². The average Bonchev–Trinajstić information content (AvgIpc) is 2.98. The van der Waals surface area contributed by atoms with Gasteiger partial charge >= 0.3 is 0 Å². The number of rotatable bonds is 6. The Balaban J connectivity index is 1.84. The Bertz CT molecular complexity index is 549. The summed E-state index contributed by atoms with van der Waals surface area (Å²) in [4.78, 5) is 14.9. The lowest BCUT2D eigenvalue weighted by Gasteiger charge is -2.34. The second kappa shape index (κ2) is 7.35. The fraction of sp³-hybridized carbons (Fsp3) is 0.615. The van der Waals surface area contributed by atoms with Gasteiger partial charge in [-0.3, -0.25) is 4.79 Å². The van der Waals surface area contributed by atoms with E-state index in [1.54, 1.807) is 16.2 Å². The number of methoxy groups -OCH3 is 1. The average molecular weight is 332 g/mol. The van der Waals surface area contributed by atoms with Gasteiger partial charge in [0.15, 0.2) is 0 Å². The number of carbonyl (C=O) groups is 1. The van der Waals surface area contributed by atoms with Crippen LogP contribution in [-0.2, 0) is 26.0 Å². The van der Waals surface area contributed by atoms with Gasteiger partial charge in [-0.15, -0.1) is 11.3 Å². The lowest BCUT2D eigenvalue weighted by atomic mass is 10.3. The van der Waals surface area contributed by atoms with Gasteiger partial charge in [0.1, 0.15) is 0 Å². The van der Waals surface area contributed by atoms with E-state index in [1.165, 1.54) is 11.4 Å². The molecule has 2 rings (SSSR count). The zero-order valence-corrected chi connectivity index (χ0v) is 13.7. The minimum atomic E-state index is -3.27. The van der Waals surface area contributed by atoms with Crippen molar-refractivity contribution >= 4 is 27.3 Å². The maximum atomic E-state index is 12.1. The summed E-state index contributed by atoms with van der Waals surface area (Å²) in [7, 11) is -1.79. The molecule has 0 aromatic carbocycles. The third-order valence-corrected chi connectivity index (χ3v) is 6.15. The number of hydrogen-bond donors (Lipinski definition) is 0. The lowest BCUT2D eigenvalue weighted by Crippen LogP contribution is -2.51. The number of amides is 1. The molecule has 6 nitrogen and oxygen atoms in total. The molecule has 0 N–H and O–H groups in total. The number of hydrogen-bond acceptors (Lipinski definition) is 5. The minimum absolute atomic E-state index is 0.00730.